The number of nitrogens with zero attached hydrogens (tertiary/aromatic N) is 1. The van der Waals surface area contributed by atoms with Crippen molar-refractivity contribution in [3.63, 3.8) is 0 Å². The largest absolute Gasteiger partial charge is 0.361 e. The average Bonchev–Trinajstić information content (AvgIpc) is 2.78. The van der Waals surface area contributed by atoms with Crippen LogP contribution in [0.15, 0.2) is 18.2 Å². The highest BCUT2D eigenvalue weighted by Gasteiger charge is 2.05. The molecular weight excluding hydrogens is 265 g/mol. The number of amides is 1. The number of carbonyl (C=O) groups excluding carboxylic acids is 1. The summed E-state index contributed by atoms with van der Waals surface area (Å²) in [6.07, 6.45) is 1.34. The van der Waals surface area contributed by atoms with Gasteiger partial charge in [0.2, 0.25) is 5.91 Å². The molecule has 102 valence electrons. The topological polar surface area (TPSA) is 54.0 Å². The Hall–Kier alpha value is -1.69. The third-order valence-corrected chi connectivity index (χ3v) is 3.54. The molecule has 2 rings (SSSR count). The van der Waals surface area contributed by atoms with Crippen LogP contribution < -0.4 is 10.6 Å². The first-order valence-electron chi connectivity index (χ1n) is 6.25. The van der Waals surface area contributed by atoms with E-state index in [2.05, 4.69) is 15.6 Å². The second-order valence-corrected chi connectivity index (χ2v) is 5.19. The molecule has 0 radical (unpaired) electrons. The van der Waals surface area contributed by atoms with Crippen molar-refractivity contribution in [2.45, 2.75) is 19.8 Å². The van der Waals surface area contributed by atoms with Crippen molar-refractivity contribution in [1.29, 1.82) is 0 Å². The van der Waals surface area contributed by atoms with E-state index in [0.29, 0.717) is 30.2 Å². The fourth-order valence-corrected chi connectivity index (χ4v) is 2.48. The molecule has 0 aliphatic rings. The number of anilines is 1. The number of nitrogens with one attached hydrogen (secondary N) is 2. The predicted octanol–water partition coefficient (Wildman–Crippen LogP) is 2.76. The molecule has 0 spiro atoms. The quantitative estimate of drug-likeness (QED) is 0.856. The van der Waals surface area contributed by atoms with Gasteiger partial charge in [-0.2, -0.15) is 0 Å². The molecule has 0 aliphatic carbocycles. The van der Waals surface area contributed by atoms with E-state index in [4.69, 9.17) is 0 Å². The number of hydrogen-bond donors (Lipinski definition) is 2. The first-order chi connectivity index (χ1) is 9.19. The van der Waals surface area contributed by atoms with Gasteiger partial charge in [-0.3, -0.25) is 4.79 Å². The van der Waals surface area contributed by atoms with Gasteiger partial charge >= 0.3 is 0 Å². The summed E-state index contributed by atoms with van der Waals surface area (Å²) >= 11 is 1.45. The summed E-state index contributed by atoms with van der Waals surface area (Å²) in [6.45, 7) is 3.25. The van der Waals surface area contributed by atoms with E-state index in [-0.39, 0.29) is 11.7 Å². The number of halogens is 1. The molecule has 4 nitrogen and oxygen atoms in total. The summed E-state index contributed by atoms with van der Waals surface area (Å²) in [7, 11) is 0. The Bertz CT molecular complexity index is 570. The van der Waals surface area contributed by atoms with E-state index in [1.165, 1.54) is 23.5 Å². The van der Waals surface area contributed by atoms with Crippen LogP contribution in [0.2, 0.25) is 0 Å². The standard InChI is InChI=1S/C13H16FN3OS/c1-2-6-15-12(18)5-7-16-13-17-10-8-9(14)3-4-11(10)19-13/h3-4,8H,2,5-7H2,1H3,(H,15,18)(H,16,17). The first-order valence-corrected chi connectivity index (χ1v) is 7.07. The number of carbonyl (C=O) groups is 1. The number of hydrogen-bond acceptors (Lipinski definition) is 4. The van der Waals surface area contributed by atoms with Crippen molar-refractivity contribution in [2.75, 3.05) is 18.4 Å². The summed E-state index contributed by atoms with van der Waals surface area (Å²) in [6, 6.07) is 4.54. The zero-order valence-corrected chi connectivity index (χ0v) is 11.5. The summed E-state index contributed by atoms with van der Waals surface area (Å²) < 4.78 is 13.9. The van der Waals surface area contributed by atoms with Gasteiger partial charge in [0, 0.05) is 25.6 Å². The van der Waals surface area contributed by atoms with Gasteiger partial charge in [0.1, 0.15) is 5.82 Å². The third kappa shape index (κ3) is 3.89. The molecular formula is C13H16FN3OS. The smallest absolute Gasteiger partial charge is 0.221 e. The van der Waals surface area contributed by atoms with Crippen LogP contribution in [0.3, 0.4) is 0 Å². The fraction of sp³-hybridized carbons (Fsp3) is 0.385. The molecule has 0 unspecified atom stereocenters. The highest BCUT2D eigenvalue weighted by molar-refractivity contribution is 7.22. The minimum absolute atomic E-state index is 0.0292. The Balaban J connectivity index is 1.86. The van der Waals surface area contributed by atoms with E-state index in [1.807, 2.05) is 6.92 Å². The van der Waals surface area contributed by atoms with Crippen LogP contribution in [0, 0.1) is 5.82 Å². The number of thiazole rings is 1. The minimum Gasteiger partial charge on any atom is -0.361 e. The fourth-order valence-electron chi connectivity index (χ4n) is 1.61. The maximum Gasteiger partial charge on any atom is 0.221 e. The third-order valence-electron chi connectivity index (χ3n) is 2.55. The highest BCUT2D eigenvalue weighted by atomic mass is 32.1. The van der Waals surface area contributed by atoms with E-state index < -0.39 is 0 Å². The van der Waals surface area contributed by atoms with Crippen molar-refractivity contribution >= 4 is 32.6 Å². The highest BCUT2D eigenvalue weighted by Crippen LogP contribution is 2.26. The first kappa shape index (κ1) is 13.7. The minimum atomic E-state index is -0.289. The number of aromatic nitrogens is 1. The molecule has 6 heteroatoms. The van der Waals surface area contributed by atoms with Crippen LogP contribution >= 0.6 is 11.3 Å². The second-order valence-electron chi connectivity index (χ2n) is 4.16. The van der Waals surface area contributed by atoms with E-state index >= 15 is 0 Å². The normalized spacial score (nSPS) is 10.6. The number of fused-ring (bicyclic) bond motifs is 1. The summed E-state index contributed by atoms with van der Waals surface area (Å²) in [4.78, 5) is 15.7. The van der Waals surface area contributed by atoms with Crippen LogP contribution in [-0.4, -0.2) is 24.0 Å². The molecule has 1 aromatic carbocycles. The molecule has 1 amide bonds. The lowest BCUT2D eigenvalue weighted by Crippen LogP contribution is -2.25. The molecule has 0 atom stereocenters. The zero-order valence-electron chi connectivity index (χ0n) is 10.7. The molecule has 0 saturated carbocycles. The average molecular weight is 281 g/mol. The molecule has 2 aromatic rings. The van der Waals surface area contributed by atoms with Crippen LogP contribution in [-0.2, 0) is 4.79 Å². The molecule has 2 N–H and O–H groups in total. The van der Waals surface area contributed by atoms with E-state index in [1.54, 1.807) is 6.07 Å². The van der Waals surface area contributed by atoms with E-state index in [0.717, 1.165) is 11.1 Å². The lowest BCUT2D eigenvalue weighted by molar-refractivity contribution is -0.120. The summed E-state index contributed by atoms with van der Waals surface area (Å²) in [5.41, 5.74) is 0.642. The Morgan fingerprint density at radius 1 is 1.42 bits per heavy atom. The summed E-state index contributed by atoms with van der Waals surface area (Å²) in [5.74, 6) is -0.259. The van der Waals surface area contributed by atoms with Gasteiger partial charge in [-0.25, -0.2) is 9.37 Å². The van der Waals surface area contributed by atoms with Gasteiger partial charge in [-0.1, -0.05) is 18.3 Å². The lowest BCUT2D eigenvalue weighted by atomic mass is 10.3. The Morgan fingerprint density at radius 3 is 3.05 bits per heavy atom. The second kappa shape index (κ2) is 6.47. The monoisotopic (exact) mass is 281 g/mol. The molecule has 0 aliphatic heterocycles. The van der Waals surface area contributed by atoms with Gasteiger partial charge in [0.05, 0.1) is 10.2 Å². The molecule has 0 bridgehead atoms. The maximum absolute atomic E-state index is 13.0. The Morgan fingerprint density at radius 2 is 2.26 bits per heavy atom. The molecule has 1 aromatic heterocycles. The van der Waals surface area contributed by atoms with Gasteiger partial charge in [-0.15, -0.1) is 0 Å². The molecule has 1 heterocycles. The van der Waals surface area contributed by atoms with Gasteiger partial charge < -0.3 is 10.6 Å². The molecule has 19 heavy (non-hydrogen) atoms. The Kier molecular flexibility index (Phi) is 4.68. The Labute approximate surface area is 115 Å². The van der Waals surface area contributed by atoms with Gasteiger partial charge in [0.25, 0.3) is 0 Å². The van der Waals surface area contributed by atoms with Crippen molar-refractivity contribution in [3.8, 4) is 0 Å². The molecule has 0 fully saturated rings. The zero-order chi connectivity index (χ0) is 13.7. The van der Waals surface area contributed by atoms with Crippen LogP contribution in [0.25, 0.3) is 10.2 Å². The van der Waals surface area contributed by atoms with Crippen molar-refractivity contribution in [1.82, 2.24) is 10.3 Å². The number of rotatable bonds is 6. The van der Waals surface area contributed by atoms with Crippen LogP contribution in [0.4, 0.5) is 9.52 Å². The predicted molar refractivity (Wildman–Crippen MR) is 76.0 cm³/mol. The maximum atomic E-state index is 13.0. The summed E-state index contributed by atoms with van der Waals surface area (Å²) in [5, 5.41) is 6.60. The van der Waals surface area contributed by atoms with Crippen LogP contribution in [0.1, 0.15) is 19.8 Å². The van der Waals surface area contributed by atoms with E-state index in [9.17, 15) is 9.18 Å². The van der Waals surface area contributed by atoms with Crippen molar-refractivity contribution < 1.29 is 9.18 Å². The number of benzene rings is 1. The van der Waals surface area contributed by atoms with Gasteiger partial charge in [0.15, 0.2) is 5.13 Å². The van der Waals surface area contributed by atoms with Crippen LogP contribution in [0.5, 0.6) is 0 Å². The van der Waals surface area contributed by atoms with Gasteiger partial charge in [-0.05, 0) is 18.6 Å². The molecule has 0 saturated heterocycles. The SMILES string of the molecule is CCCNC(=O)CCNc1nc2cc(F)ccc2s1. The lowest BCUT2D eigenvalue weighted by Gasteiger charge is -2.03. The van der Waals surface area contributed by atoms with Crippen molar-refractivity contribution in [2.24, 2.45) is 0 Å². The van der Waals surface area contributed by atoms with Crippen molar-refractivity contribution in [3.05, 3.63) is 24.0 Å².